The van der Waals surface area contributed by atoms with Gasteiger partial charge in [0.2, 0.25) is 0 Å². The summed E-state index contributed by atoms with van der Waals surface area (Å²) in [5, 5.41) is 4.53. The minimum absolute atomic E-state index is 0.815. The molecule has 0 bridgehead atoms. The minimum Gasteiger partial charge on any atom is -0.381 e. The van der Waals surface area contributed by atoms with Crippen LogP contribution in [0.4, 0.5) is 0 Å². The van der Waals surface area contributed by atoms with Crippen LogP contribution in [0.2, 0.25) is 0 Å². The van der Waals surface area contributed by atoms with Gasteiger partial charge in [-0.1, -0.05) is 13.3 Å². The molecule has 0 amide bonds. The first-order valence-corrected chi connectivity index (χ1v) is 8.37. The molecule has 17 heavy (non-hydrogen) atoms. The molecular formula is C14H27NOS. The summed E-state index contributed by atoms with van der Waals surface area (Å²) >= 11 is 2.20. The molecule has 1 aliphatic heterocycles. The van der Waals surface area contributed by atoms with Gasteiger partial charge >= 0.3 is 0 Å². The highest BCUT2D eigenvalue weighted by molar-refractivity contribution is 7.99. The third kappa shape index (κ3) is 4.46. The number of rotatable bonds is 6. The van der Waals surface area contributed by atoms with E-state index in [1.165, 1.54) is 44.3 Å². The largest absolute Gasteiger partial charge is 0.381 e. The van der Waals surface area contributed by atoms with Crippen molar-refractivity contribution in [3.8, 4) is 0 Å². The zero-order valence-electron chi connectivity index (χ0n) is 11.1. The van der Waals surface area contributed by atoms with E-state index in [0.29, 0.717) is 0 Å². The summed E-state index contributed by atoms with van der Waals surface area (Å²) in [4.78, 5) is 0. The van der Waals surface area contributed by atoms with Crippen molar-refractivity contribution in [1.82, 2.24) is 5.32 Å². The fraction of sp³-hybridized carbons (Fsp3) is 1.00. The molecule has 0 spiro atoms. The summed E-state index contributed by atoms with van der Waals surface area (Å²) in [6, 6.07) is 0.815. The summed E-state index contributed by atoms with van der Waals surface area (Å²) in [7, 11) is 0. The Morgan fingerprint density at radius 3 is 2.76 bits per heavy atom. The molecule has 3 heteroatoms. The average molecular weight is 257 g/mol. The van der Waals surface area contributed by atoms with Crippen molar-refractivity contribution in [3.63, 3.8) is 0 Å². The van der Waals surface area contributed by atoms with Crippen molar-refractivity contribution in [2.45, 2.75) is 56.7 Å². The zero-order valence-corrected chi connectivity index (χ0v) is 11.9. The molecule has 2 rings (SSSR count). The van der Waals surface area contributed by atoms with Gasteiger partial charge in [0.25, 0.3) is 0 Å². The molecule has 1 N–H and O–H groups in total. The Labute approximate surface area is 110 Å². The van der Waals surface area contributed by atoms with E-state index in [9.17, 15) is 0 Å². The molecule has 0 aromatic rings. The molecule has 1 aliphatic carbocycles. The van der Waals surface area contributed by atoms with Gasteiger partial charge < -0.3 is 10.1 Å². The van der Waals surface area contributed by atoms with Crippen molar-refractivity contribution < 1.29 is 4.74 Å². The van der Waals surface area contributed by atoms with Crippen LogP contribution >= 0.6 is 11.8 Å². The highest BCUT2D eigenvalue weighted by atomic mass is 32.2. The van der Waals surface area contributed by atoms with Crippen molar-refractivity contribution in [2.24, 2.45) is 5.92 Å². The van der Waals surface area contributed by atoms with E-state index in [1.807, 2.05) is 0 Å². The van der Waals surface area contributed by atoms with Crippen LogP contribution in [0.25, 0.3) is 0 Å². The lowest BCUT2D eigenvalue weighted by atomic mass is 10.0. The van der Waals surface area contributed by atoms with Crippen LogP contribution in [-0.4, -0.2) is 36.8 Å². The summed E-state index contributed by atoms with van der Waals surface area (Å²) in [6.45, 7) is 5.34. The number of thioether (sulfide) groups is 1. The smallest absolute Gasteiger partial charge is 0.0476 e. The Morgan fingerprint density at radius 1 is 1.18 bits per heavy atom. The fourth-order valence-electron chi connectivity index (χ4n) is 3.14. The highest BCUT2D eigenvalue weighted by Crippen LogP contribution is 2.31. The molecule has 0 radical (unpaired) electrons. The van der Waals surface area contributed by atoms with E-state index < -0.39 is 0 Å². The van der Waals surface area contributed by atoms with Crippen LogP contribution in [0.15, 0.2) is 0 Å². The SMILES string of the molecule is CCNC1CCCC1CCSC1CCOCC1. The summed E-state index contributed by atoms with van der Waals surface area (Å²) in [5.41, 5.74) is 0. The average Bonchev–Trinajstić information content (AvgIpc) is 2.79. The molecule has 100 valence electrons. The number of nitrogens with one attached hydrogen (secondary N) is 1. The van der Waals surface area contributed by atoms with Crippen molar-refractivity contribution >= 4 is 11.8 Å². The molecule has 2 nitrogen and oxygen atoms in total. The van der Waals surface area contributed by atoms with Gasteiger partial charge in [-0.05, 0) is 50.3 Å². The van der Waals surface area contributed by atoms with E-state index in [4.69, 9.17) is 4.74 Å². The van der Waals surface area contributed by atoms with E-state index >= 15 is 0 Å². The Morgan fingerprint density at radius 2 is 2.00 bits per heavy atom. The molecule has 0 aromatic heterocycles. The maximum Gasteiger partial charge on any atom is 0.0476 e. The lowest BCUT2D eigenvalue weighted by molar-refractivity contribution is 0.1000. The maximum atomic E-state index is 5.41. The summed E-state index contributed by atoms with van der Waals surface area (Å²) < 4.78 is 5.41. The standard InChI is InChI=1S/C14H27NOS/c1-2-15-14-5-3-4-12(14)8-11-17-13-6-9-16-10-7-13/h12-15H,2-11H2,1H3. The highest BCUT2D eigenvalue weighted by Gasteiger charge is 2.26. The van der Waals surface area contributed by atoms with E-state index in [-0.39, 0.29) is 0 Å². The van der Waals surface area contributed by atoms with Crippen molar-refractivity contribution in [2.75, 3.05) is 25.5 Å². The van der Waals surface area contributed by atoms with E-state index in [2.05, 4.69) is 24.0 Å². The van der Waals surface area contributed by atoms with Gasteiger partial charge in [0.15, 0.2) is 0 Å². The Bertz CT molecular complexity index is 206. The number of hydrogen-bond donors (Lipinski definition) is 1. The van der Waals surface area contributed by atoms with Crippen LogP contribution in [0, 0.1) is 5.92 Å². The topological polar surface area (TPSA) is 21.3 Å². The summed E-state index contributed by atoms with van der Waals surface area (Å²) in [6.07, 6.45) is 8.24. The molecule has 2 aliphatic rings. The second-order valence-electron chi connectivity index (χ2n) is 5.33. The first kappa shape index (κ1) is 13.7. The van der Waals surface area contributed by atoms with E-state index in [0.717, 1.165) is 37.0 Å². The third-order valence-electron chi connectivity index (χ3n) is 4.14. The van der Waals surface area contributed by atoms with Gasteiger partial charge in [-0.15, -0.1) is 0 Å². The lowest BCUT2D eigenvalue weighted by Gasteiger charge is -2.24. The first-order valence-electron chi connectivity index (χ1n) is 7.33. The van der Waals surface area contributed by atoms with Gasteiger partial charge in [-0.2, -0.15) is 11.8 Å². The molecule has 2 fully saturated rings. The Hall–Kier alpha value is 0.270. The molecule has 1 heterocycles. The molecule has 1 saturated carbocycles. The lowest BCUT2D eigenvalue weighted by Crippen LogP contribution is -2.32. The predicted octanol–water partition coefficient (Wildman–Crippen LogP) is 3.07. The van der Waals surface area contributed by atoms with Crippen LogP contribution in [0.3, 0.4) is 0 Å². The molecule has 2 unspecified atom stereocenters. The van der Waals surface area contributed by atoms with Gasteiger partial charge in [-0.3, -0.25) is 0 Å². The van der Waals surface area contributed by atoms with E-state index in [1.54, 1.807) is 0 Å². The van der Waals surface area contributed by atoms with Gasteiger partial charge in [0, 0.05) is 24.5 Å². The molecule has 1 saturated heterocycles. The fourth-order valence-corrected chi connectivity index (χ4v) is 4.44. The van der Waals surface area contributed by atoms with Gasteiger partial charge in [0.05, 0.1) is 0 Å². The number of ether oxygens (including phenoxy) is 1. The monoisotopic (exact) mass is 257 g/mol. The van der Waals surface area contributed by atoms with Crippen molar-refractivity contribution in [1.29, 1.82) is 0 Å². The summed E-state index contributed by atoms with van der Waals surface area (Å²) in [5.74, 6) is 2.30. The zero-order chi connectivity index (χ0) is 11.9. The second-order valence-corrected chi connectivity index (χ2v) is 6.73. The van der Waals surface area contributed by atoms with Crippen LogP contribution < -0.4 is 5.32 Å². The molecule has 0 aromatic carbocycles. The Kier molecular flexibility index (Phi) is 6.16. The first-order chi connectivity index (χ1) is 8.40. The third-order valence-corrected chi connectivity index (χ3v) is 5.55. The van der Waals surface area contributed by atoms with Crippen molar-refractivity contribution in [3.05, 3.63) is 0 Å². The minimum atomic E-state index is 0.815. The molecule has 2 atom stereocenters. The predicted molar refractivity (Wildman–Crippen MR) is 75.7 cm³/mol. The number of hydrogen-bond acceptors (Lipinski definition) is 3. The maximum absolute atomic E-state index is 5.41. The normalized spacial score (nSPS) is 30.9. The van der Waals surface area contributed by atoms with Gasteiger partial charge in [0.1, 0.15) is 0 Å². The van der Waals surface area contributed by atoms with Crippen LogP contribution in [0.1, 0.15) is 45.4 Å². The van der Waals surface area contributed by atoms with Gasteiger partial charge in [-0.25, -0.2) is 0 Å². The van der Waals surface area contributed by atoms with Crippen LogP contribution in [-0.2, 0) is 4.74 Å². The quantitative estimate of drug-likeness (QED) is 0.790. The van der Waals surface area contributed by atoms with Crippen LogP contribution in [0.5, 0.6) is 0 Å². The molecular weight excluding hydrogens is 230 g/mol. The second kappa shape index (κ2) is 7.65. The Balaban J connectivity index is 1.60.